The van der Waals surface area contributed by atoms with E-state index in [9.17, 15) is 4.39 Å². The molecule has 1 heterocycles. The first-order chi connectivity index (χ1) is 5.22. The fourth-order valence-electron chi connectivity index (χ4n) is 0.970. The van der Waals surface area contributed by atoms with Crippen LogP contribution in [0, 0.1) is 12.9 Å². The van der Waals surface area contributed by atoms with Crippen molar-refractivity contribution < 1.29 is 4.39 Å². The summed E-state index contributed by atoms with van der Waals surface area (Å²) in [6, 6.07) is 3.25. The van der Waals surface area contributed by atoms with Gasteiger partial charge in [0, 0.05) is 12.1 Å². The lowest BCUT2D eigenvalue weighted by atomic mass is 10.2. The number of aromatic nitrogens is 1. The van der Waals surface area contributed by atoms with E-state index in [0.29, 0.717) is 13.0 Å². The van der Waals surface area contributed by atoms with Crippen LogP contribution in [0.1, 0.15) is 11.3 Å². The molecule has 0 saturated heterocycles. The van der Waals surface area contributed by atoms with Gasteiger partial charge in [0.15, 0.2) is 0 Å². The van der Waals surface area contributed by atoms with Crippen molar-refractivity contribution in [2.45, 2.75) is 13.3 Å². The van der Waals surface area contributed by atoms with Crippen LogP contribution >= 0.6 is 0 Å². The average Bonchev–Trinajstić information content (AvgIpc) is 1.85. The molecule has 0 spiro atoms. The van der Waals surface area contributed by atoms with Crippen molar-refractivity contribution >= 4 is 0 Å². The van der Waals surface area contributed by atoms with Gasteiger partial charge in [-0.2, -0.15) is 4.39 Å². The predicted molar refractivity (Wildman–Crippen MR) is 41.7 cm³/mol. The molecule has 0 fully saturated rings. The molecule has 60 valence electrons. The Morgan fingerprint density at radius 1 is 1.55 bits per heavy atom. The summed E-state index contributed by atoms with van der Waals surface area (Å²) in [5.74, 6) is -0.423. The minimum absolute atomic E-state index is 0.423. The largest absolute Gasteiger partial charge is 0.330 e. The van der Waals surface area contributed by atoms with Gasteiger partial charge in [-0.3, -0.25) is 0 Å². The van der Waals surface area contributed by atoms with Crippen molar-refractivity contribution in [3.8, 4) is 0 Å². The average molecular weight is 154 g/mol. The Labute approximate surface area is 65.3 Å². The summed E-state index contributed by atoms with van der Waals surface area (Å²) in [5.41, 5.74) is 6.91. The summed E-state index contributed by atoms with van der Waals surface area (Å²) in [7, 11) is 0. The highest BCUT2D eigenvalue weighted by atomic mass is 19.1. The van der Waals surface area contributed by atoms with Gasteiger partial charge < -0.3 is 5.73 Å². The second-order valence-electron chi connectivity index (χ2n) is 2.50. The van der Waals surface area contributed by atoms with E-state index in [1.807, 2.05) is 13.0 Å². The Morgan fingerprint density at radius 3 is 2.82 bits per heavy atom. The van der Waals surface area contributed by atoms with Crippen molar-refractivity contribution in [2.24, 2.45) is 5.73 Å². The first kappa shape index (κ1) is 8.14. The number of hydrogen-bond acceptors (Lipinski definition) is 2. The minimum Gasteiger partial charge on any atom is -0.330 e. The van der Waals surface area contributed by atoms with E-state index in [1.165, 1.54) is 6.07 Å². The molecule has 1 aromatic heterocycles. The molecule has 3 heteroatoms. The Morgan fingerprint density at radius 2 is 2.27 bits per heavy atom. The molecule has 1 rings (SSSR count). The first-order valence-corrected chi connectivity index (χ1v) is 3.55. The summed E-state index contributed by atoms with van der Waals surface area (Å²) in [5, 5.41) is 0. The fraction of sp³-hybridized carbons (Fsp3) is 0.375. The van der Waals surface area contributed by atoms with Crippen LogP contribution in [0.3, 0.4) is 0 Å². The van der Waals surface area contributed by atoms with Gasteiger partial charge in [0.2, 0.25) is 5.95 Å². The second-order valence-corrected chi connectivity index (χ2v) is 2.50. The van der Waals surface area contributed by atoms with Gasteiger partial charge >= 0.3 is 0 Å². The van der Waals surface area contributed by atoms with Gasteiger partial charge in [0.1, 0.15) is 0 Å². The maximum Gasteiger partial charge on any atom is 0.213 e. The molecule has 2 N–H and O–H groups in total. The van der Waals surface area contributed by atoms with E-state index in [0.717, 1.165) is 11.3 Å². The predicted octanol–water partition coefficient (Wildman–Crippen LogP) is 1.03. The number of pyridine rings is 1. The number of nitrogens with zero attached hydrogens (tertiary/aromatic N) is 1. The molecule has 11 heavy (non-hydrogen) atoms. The van der Waals surface area contributed by atoms with E-state index in [2.05, 4.69) is 4.98 Å². The monoisotopic (exact) mass is 154 g/mol. The SMILES string of the molecule is Cc1cc(F)nc(CCN)c1. The van der Waals surface area contributed by atoms with Crippen LogP contribution in [0.25, 0.3) is 0 Å². The molecule has 1 aromatic rings. The van der Waals surface area contributed by atoms with Crippen LogP contribution < -0.4 is 5.73 Å². The Hall–Kier alpha value is -0.960. The third kappa shape index (κ3) is 2.27. The Bertz CT molecular complexity index is 228. The Balaban J connectivity index is 2.89. The second kappa shape index (κ2) is 3.44. The van der Waals surface area contributed by atoms with Gasteiger partial charge in [-0.15, -0.1) is 0 Å². The number of hydrogen-bond donors (Lipinski definition) is 1. The molecule has 0 aliphatic rings. The molecule has 0 bridgehead atoms. The molecule has 0 amide bonds. The number of halogens is 1. The maximum absolute atomic E-state index is 12.6. The van der Waals surface area contributed by atoms with E-state index in [4.69, 9.17) is 5.73 Å². The molecule has 0 aliphatic carbocycles. The highest BCUT2D eigenvalue weighted by Gasteiger charge is 1.97. The maximum atomic E-state index is 12.6. The Kier molecular flexibility index (Phi) is 2.54. The van der Waals surface area contributed by atoms with Crippen LogP contribution in [0.2, 0.25) is 0 Å². The molecule has 0 saturated carbocycles. The van der Waals surface area contributed by atoms with Gasteiger partial charge in [-0.25, -0.2) is 4.98 Å². The summed E-state index contributed by atoms with van der Waals surface area (Å²) >= 11 is 0. The first-order valence-electron chi connectivity index (χ1n) is 3.55. The molecule has 0 aliphatic heterocycles. The standard InChI is InChI=1S/C8H11FN2/c1-6-4-7(2-3-10)11-8(9)5-6/h4-5H,2-3,10H2,1H3. The van der Waals surface area contributed by atoms with E-state index >= 15 is 0 Å². The van der Waals surface area contributed by atoms with E-state index in [-0.39, 0.29) is 0 Å². The molecular formula is C8H11FN2. The molecule has 0 unspecified atom stereocenters. The van der Waals surface area contributed by atoms with Gasteiger partial charge in [-0.05, 0) is 31.2 Å². The quantitative estimate of drug-likeness (QED) is 0.646. The molecule has 0 radical (unpaired) electrons. The van der Waals surface area contributed by atoms with Crippen molar-refractivity contribution in [3.63, 3.8) is 0 Å². The summed E-state index contributed by atoms with van der Waals surface area (Å²) in [6.45, 7) is 2.35. The van der Waals surface area contributed by atoms with Crippen molar-refractivity contribution in [1.29, 1.82) is 0 Å². The van der Waals surface area contributed by atoms with Crippen molar-refractivity contribution in [3.05, 3.63) is 29.3 Å². The number of nitrogens with two attached hydrogens (primary N) is 1. The summed E-state index contributed by atoms with van der Waals surface area (Å²) in [4.78, 5) is 3.68. The molecule has 2 nitrogen and oxygen atoms in total. The zero-order valence-corrected chi connectivity index (χ0v) is 6.47. The lowest BCUT2D eigenvalue weighted by molar-refractivity contribution is 0.575. The van der Waals surface area contributed by atoms with Crippen molar-refractivity contribution in [1.82, 2.24) is 4.98 Å². The fourth-order valence-corrected chi connectivity index (χ4v) is 0.970. The van der Waals surface area contributed by atoms with Gasteiger partial charge in [0.25, 0.3) is 0 Å². The number of rotatable bonds is 2. The van der Waals surface area contributed by atoms with Gasteiger partial charge in [0.05, 0.1) is 0 Å². The number of aryl methyl sites for hydroxylation is 1. The summed E-state index contributed by atoms with van der Waals surface area (Å²) in [6.07, 6.45) is 0.637. The zero-order valence-electron chi connectivity index (χ0n) is 6.47. The minimum atomic E-state index is -0.423. The summed E-state index contributed by atoms with van der Waals surface area (Å²) < 4.78 is 12.6. The van der Waals surface area contributed by atoms with Crippen LogP contribution in [-0.4, -0.2) is 11.5 Å². The van der Waals surface area contributed by atoms with Crippen LogP contribution in [0.15, 0.2) is 12.1 Å². The van der Waals surface area contributed by atoms with Crippen molar-refractivity contribution in [2.75, 3.05) is 6.54 Å². The van der Waals surface area contributed by atoms with Crippen LogP contribution in [0.4, 0.5) is 4.39 Å². The highest BCUT2D eigenvalue weighted by Crippen LogP contribution is 2.03. The van der Waals surface area contributed by atoms with Crippen LogP contribution in [-0.2, 0) is 6.42 Å². The normalized spacial score (nSPS) is 10.1. The molecular weight excluding hydrogens is 143 g/mol. The lowest BCUT2D eigenvalue weighted by Crippen LogP contribution is -2.05. The van der Waals surface area contributed by atoms with E-state index in [1.54, 1.807) is 0 Å². The third-order valence-electron chi connectivity index (χ3n) is 1.39. The molecule has 0 atom stereocenters. The zero-order chi connectivity index (χ0) is 8.27. The topological polar surface area (TPSA) is 38.9 Å². The van der Waals surface area contributed by atoms with Gasteiger partial charge in [-0.1, -0.05) is 0 Å². The van der Waals surface area contributed by atoms with E-state index < -0.39 is 5.95 Å². The van der Waals surface area contributed by atoms with Crippen LogP contribution in [0.5, 0.6) is 0 Å². The third-order valence-corrected chi connectivity index (χ3v) is 1.39. The lowest BCUT2D eigenvalue weighted by Gasteiger charge is -1.98. The smallest absolute Gasteiger partial charge is 0.213 e. The molecule has 0 aromatic carbocycles. The highest BCUT2D eigenvalue weighted by molar-refractivity contribution is 5.15.